The maximum absolute atomic E-state index is 12.8. The maximum Gasteiger partial charge on any atom is 0.472 e. The van der Waals surface area contributed by atoms with E-state index in [4.69, 9.17) is 18.5 Å². The lowest BCUT2D eigenvalue weighted by molar-refractivity contribution is -0.870. The summed E-state index contributed by atoms with van der Waals surface area (Å²) in [7, 11) is 1.49. The zero-order chi connectivity index (χ0) is 51.3. The summed E-state index contributed by atoms with van der Waals surface area (Å²) < 4.78 is 34.6. The fourth-order valence-electron chi connectivity index (χ4n) is 8.51. The summed E-state index contributed by atoms with van der Waals surface area (Å²) in [6.45, 7) is 4.46. The first kappa shape index (κ1) is 68.2. The van der Waals surface area contributed by atoms with Crippen LogP contribution in [0.15, 0.2) is 36.5 Å². The van der Waals surface area contributed by atoms with Crippen LogP contribution in [0.2, 0.25) is 0 Å². The van der Waals surface area contributed by atoms with Crippen molar-refractivity contribution in [3.05, 3.63) is 36.5 Å². The van der Waals surface area contributed by atoms with Gasteiger partial charge in [-0.1, -0.05) is 237 Å². The Bertz CT molecular complexity index is 1280. The van der Waals surface area contributed by atoms with E-state index < -0.39 is 26.5 Å². The molecule has 0 aliphatic heterocycles. The number of carbonyl (C=O) groups excluding carboxylic acids is 2. The first-order valence-electron chi connectivity index (χ1n) is 29.7. The summed E-state index contributed by atoms with van der Waals surface area (Å²) in [6, 6.07) is 0. The van der Waals surface area contributed by atoms with Crippen molar-refractivity contribution < 1.29 is 42.1 Å². The highest BCUT2D eigenvalue weighted by Crippen LogP contribution is 2.43. The van der Waals surface area contributed by atoms with Crippen LogP contribution in [0.5, 0.6) is 0 Å². The van der Waals surface area contributed by atoms with Gasteiger partial charge in [-0.05, 0) is 70.6 Å². The number of hydrogen-bond acceptors (Lipinski definition) is 7. The Morgan fingerprint density at radius 1 is 0.443 bits per heavy atom. The molecular weight excluding hydrogens is 894 g/mol. The largest absolute Gasteiger partial charge is 0.472 e. The van der Waals surface area contributed by atoms with Gasteiger partial charge < -0.3 is 18.9 Å². The Balaban J connectivity index is 4.12. The van der Waals surface area contributed by atoms with Crippen LogP contribution >= 0.6 is 7.82 Å². The molecule has 0 aromatic rings. The minimum atomic E-state index is -4.38. The summed E-state index contributed by atoms with van der Waals surface area (Å²) in [4.78, 5) is 35.7. The third-order valence-electron chi connectivity index (χ3n) is 13.1. The molecule has 1 N–H and O–H groups in total. The van der Waals surface area contributed by atoms with Gasteiger partial charge in [0.1, 0.15) is 19.8 Å². The number of rotatable bonds is 55. The number of ether oxygens (including phenoxy) is 2. The molecule has 0 bridgehead atoms. The van der Waals surface area contributed by atoms with Gasteiger partial charge in [-0.2, -0.15) is 0 Å². The molecule has 412 valence electrons. The van der Waals surface area contributed by atoms with E-state index in [0.717, 1.165) is 38.5 Å². The van der Waals surface area contributed by atoms with Crippen LogP contribution in [-0.4, -0.2) is 74.9 Å². The molecule has 0 fully saturated rings. The van der Waals surface area contributed by atoms with Gasteiger partial charge in [-0.15, -0.1) is 0 Å². The van der Waals surface area contributed by atoms with Gasteiger partial charge in [-0.3, -0.25) is 18.6 Å². The molecule has 0 aliphatic carbocycles. The van der Waals surface area contributed by atoms with Crippen molar-refractivity contribution in [2.24, 2.45) is 0 Å². The molecule has 0 heterocycles. The second kappa shape index (κ2) is 52.1. The zero-order valence-electron chi connectivity index (χ0n) is 46.8. The van der Waals surface area contributed by atoms with Crippen molar-refractivity contribution in [2.45, 2.75) is 290 Å². The average Bonchev–Trinajstić information content (AvgIpc) is 3.32. The highest BCUT2D eigenvalue weighted by molar-refractivity contribution is 7.47. The van der Waals surface area contributed by atoms with E-state index in [1.807, 2.05) is 21.1 Å². The Hall–Kier alpha value is -1.77. The zero-order valence-corrected chi connectivity index (χ0v) is 47.7. The smallest absolute Gasteiger partial charge is 0.462 e. The maximum atomic E-state index is 12.8. The number of unbranched alkanes of at least 4 members (excludes halogenated alkanes) is 35. The molecule has 2 atom stereocenters. The number of carbonyl (C=O) groups is 2. The highest BCUT2D eigenvalue weighted by Gasteiger charge is 2.27. The first-order valence-corrected chi connectivity index (χ1v) is 31.2. The van der Waals surface area contributed by atoms with Crippen LogP contribution in [0.4, 0.5) is 0 Å². The molecule has 0 amide bonds. The van der Waals surface area contributed by atoms with E-state index in [9.17, 15) is 19.0 Å². The van der Waals surface area contributed by atoms with Crippen LogP contribution in [0.25, 0.3) is 0 Å². The number of quaternary nitrogens is 1. The molecule has 0 aromatic heterocycles. The molecule has 0 saturated carbocycles. The molecule has 0 aliphatic rings. The second-order valence-corrected chi connectivity index (χ2v) is 22.8. The predicted octanol–water partition coefficient (Wildman–Crippen LogP) is 18.4. The van der Waals surface area contributed by atoms with Crippen molar-refractivity contribution in [1.29, 1.82) is 0 Å². The molecule has 0 saturated heterocycles. The monoisotopic (exact) mass is 1010 g/mol. The number of phosphoric ester groups is 1. The van der Waals surface area contributed by atoms with Crippen LogP contribution in [0, 0.1) is 0 Å². The Morgan fingerprint density at radius 2 is 0.771 bits per heavy atom. The van der Waals surface area contributed by atoms with E-state index >= 15 is 0 Å². The summed E-state index contributed by atoms with van der Waals surface area (Å²) in [5.41, 5.74) is 0. The summed E-state index contributed by atoms with van der Waals surface area (Å²) >= 11 is 0. The quantitative estimate of drug-likeness (QED) is 0.0211. The van der Waals surface area contributed by atoms with E-state index in [0.29, 0.717) is 17.4 Å². The number of likely N-dealkylation sites (N-methyl/N-ethyl adjacent to an activating group) is 1. The van der Waals surface area contributed by atoms with Crippen LogP contribution < -0.4 is 0 Å². The van der Waals surface area contributed by atoms with Gasteiger partial charge in [0.25, 0.3) is 0 Å². The number of phosphoric acid groups is 1. The van der Waals surface area contributed by atoms with E-state index in [1.54, 1.807) is 0 Å². The van der Waals surface area contributed by atoms with Gasteiger partial charge in [0.15, 0.2) is 6.10 Å². The first-order chi connectivity index (χ1) is 34.0. The van der Waals surface area contributed by atoms with Gasteiger partial charge in [0.2, 0.25) is 0 Å². The van der Waals surface area contributed by atoms with Gasteiger partial charge in [0, 0.05) is 12.8 Å². The Morgan fingerprint density at radius 3 is 1.14 bits per heavy atom. The topological polar surface area (TPSA) is 108 Å². The number of nitrogens with zero attached hydrogens (tertiary/aromatic N) is 1. The fraction of sp³-hybridized carbons (Fsp3) is 0.867. The van der Waals surface area contributed by atoms with Gasteiger partial charge in [-0.25, -0.2) is 4.57 Å². The Labute approximate surface area is 433 Å². The average molecular weight is 1010 g/mol. The lowest BCUT2D eigenvalue weighted by atomic mass is 10.0. The fourth-order valence-corrected chi connectivity index (χ4v) is 9.25. The minimum absolute atomic E-state index is 0.0327. The molecule has 70 heavy (non-hydrogen) atoms. The molecule has 9 nitrogen and oxygen atoms in total. The van der Waals surface area contributed by atoms with E-state index in [1.165, 1.54) is 212 Å². The lowest BCUT2D eigenvalue weighted by Gasteiger charge is -2.24. The third-order valence-corrected chi connectivity index (χ3v) is 14.1. The van der Waals surface area contributed by atoms with Crippen molar-refractivity contribution >= 4 is 19.8 Å². The highest BCUT2D eigenvalue weighted by atomic mass is 31.2. The van der Waals surface area contributed by atoms with E-state index in [-0.39, 0.29) is 32.0 Å². The Kier molecular flexibility index (Phi) is 50.8. The molecule has 0 rings (SSSR count). The predicted molar refractivity (Wildman–Crippen MR) is 298 cm³/mol. The molecular formula is C60H115NO8P+. The molecule has 0 spiro atoms. The lowest BCUT2D eigenvalue weighted by Crippen LogP contribution is -2.37. The van der Waals surface area contributed by atoms with E-state index in [2.05, 4.69) is 50.3 Å². The van der Waals surface area contributed by atoms with Crippen LogP contribution in [-0.2, 0) is 32.7 Å². The molecule has 10 heteroatoms. The van der Waals surface area contributed by atoms with Crippen molar-refractivity contribution in [1.82, 2.24) is 0 Å². The minimum Gasteiger partial charge on any atom is -0.462 e. The summed E-state index contributed by atoms with van der Waals surface area (Å²) in [6.07, 6.45) is 63.5. The van der Waals surface area contributed by atoms with Crippen LogP contribution in [0.3, 0.4) is 0 Å². The second-order valence-electron chi connectivity index (χ2n) is 21.4. The molecule has 2 unspecified atom stereocenters. The van der Waals surface area contributed by atoms with Crippen LogP contribution in [0.1, 0.15) is 284 Å². The molecule has 0 aromatic carbocycles. The van der Waals surface area contributed by atoms with Crippen molar-refractivity contribution in [2.75, 3.05) is 47.5 Å². The van der Waals surface area contributed by atoms with Gasteiger partial charge >= 0.3 is 19.8 Å². The number of hydrogen-bond donors (Lipinski definition) is 1. The van der Waals surface area contributed by atoms with Crippen molar-refractivity contribution in [3.8, 4) is 0 Å². The summed E-state index contributed by atoms with van der Waals surface area (Å²) in [5.74, 6) is -0.788. The normalized spacial score (nSPS) is 13.5. The van der Waals surface area contributed by atoms with Gasteiger partial charge in [0.05, 0.1) is 27.7 Å². The third kappa shape index (κ3) is 55.5. The summed E-state index contributed by atoms with van der Waals surface area (Å²) in [5, 5.41) is 0. The number of allylic oxidation sites excluding steroid dienone is 6. The SMILES string of the molecule is CCCCCCC/C=C\C/C=C\CCCCCCCCCCCCCCCCCC(=O)OC(COC(=O)CCCCCCCCCCC/C=C\CCCCCCCC)COP(=O)(O)OCC[N+](C)(C)C. The standard InChI is InChI=1S/C60H114NO8P/c1-6-8-10-12-14-16-18-20-22-24-26-27-28-29-30-31-32-33-35-37-39-41-43-45-47-49-51-53-60(63)69-58(57-68-70(64,65)67-55-54-61(3,4)5)56-66-59(62)52-50-48-46-44-42-40-38-36-34-25-23-21-19-17-15-13-11-9-7-2/h18,20-21,23-24,26,58H,6-17,19,22,25,27-57H2,1-5H3/p+1/b20-18-,23-21-,26-24-. The molecule has 0 radical (unpaired) electrons. The number of esters is 2. The van der Waals surface area contributed by atoms with Crippen molar-refractivity contribution in [3.63, 3.8) is 0 Å².